The molecule has 0 atom stereocenters. The number of carbonyl (C=O) groups excluding carboxylic acids is 1. The van der Waals surface area contributed by atoms with Crippen LogP contribution in [-0.2, 0) is 0 Å². The summed E-state index contributed by atoms with van der Waals surface area (Å²) in [5.41, 5.74) is 1.38. The van der Waals surface area contributed by atoms with Crippen molar-refractivity contribution in [1.82, 2.24) is 0 Å². The Morgan fingerprint density at radius 3 is 2.42 bits per heavy atom. The fourth-order valence-electron chi connectivity index (χ4n) is 0.854. The Bertz CT molecular complexity index is 290. The summed E-state index contributed by atoms with van der Waals surface area (Å²) in [7, 11) is 0. The van der Waals surface area contributed by atoms with Crippen molar-refractivity contribution < 1.29 is 9.90 Å². The number of rotatable bonds is 3. The van der Waals surface area contributed by atoms with E-state index >= 15 is 0 Å². The van der Waals surface area contributed by atoms with Crippen LogP contribution >= 0.6 is 0 Å². The highest BCUT2D eigenvalue weighted by Crippen LogP contribution is 2.02. The summed E-state index contributed by atoms with van der Waals surface area (Å²) >= 11 is 0. The van der Waals surface area contributed by atoms with E-state index in [1.54, 1.807) is 24.3 Å². The number of aliphatic hydroxyl groups excluding tert-OH is 1. The third kappa shape index (κ3) is 1.77. The zero-order valence-electron chi connectivity index (χ0n) is 6.45. The predicted octanol–water partition coefficient (Wildman–Crippen LogP) is 0.859. The largest absolute Gasteiger partial charge is 0.390 e. The molecule has 0 fully saturated rings. The van der Waals surface area contributed by atoms with Gasteiger partial charge in [-0.15, -0.1) is 0 Å². The molecule has 0 saturated heterocycles. The van der Waals surface area contributed by atoms with Crippen molar-refractivity contribution in [3.8, 4) is 0 Å². The lowest BCUT2D eigenvalue weighted by Gasteiger charge is -1.98. The van der Waals surface area contributed by atoms with Crippen molar-refractivity contribution in [2.24, 2.45) is 0 Å². The first kappa shape index (κ1) is 8.62. The van der Waals surface area contributed by atoms with Crippen LogP contribution in [0.2, 0.25) is 0 Å². The number of nitrogens with one attached hydrogen (secondary N) is 1. The average Bonchev–Trinajstić information content (AvgIpc) is 2.17. The van der Waals surface area contributed by atoms with Gasteiger partial charge in [-0.2, -0.15) is 0 Å². The van der Waals surface area contributed by atoms with Gasteiger partial charge >= 0.3 is 0 Å². The van der Waals surface area contributed by atoms with Crippen LogP contribution in [0.4, 0.5) is 0 Å². The van der Waals surface area contributed by atoms with Gasteiger partial charge in [-0.25, -0.2) is 0 Å². The molecule has 0 aliphatic rings. The Hall–Kier alpha value is -1.48. The van der Waals surface area contributed by atoms with E-state index in [0.29, 0.717) is 11.1 Å². The molecule has 1 rings (SSSR count). The van der Waals surface area contributed by atoms with Gasteiger partial charge in [-0.1, -0.05) is 24.3 Å². The number of benzene rings is 1. The molecule has 0 spiro atoms. The van der Waals surface area contributed by atoms with E-state index in [4.69, 9.17) is 10.5 Å². The first-order chi connectivity index (χ1) is 5.77. The van der Waals surface area contributed by atoms with Gasteiger partial charge in [0.1, 0.15) is 6.29 Å². The minimum absolute atomic E-state index is 0.160. The Labute approximate surface area is 70.2 Å². The molecule has 0 unspecified atom stereocenters. The van der Waals surface area contributed by atoms with E-state index in [9.17, 15) is 4.79 Å². The lowest BCUT2D eigenvalue weighted by molar-refractivity contribution is 0.112. The molecule has 3 nitrogen and oxygen atoms in total. The second-order valence-corrected chi connectivity index (χ2v) is 2.38. The summed E-state index contributed by atoms with van der Waals surface area (Å²) in [5.74, 6) is 0. The molecule has 3 heteroatoms. The van der Waals surface area contributed by atoms with E-state index in [-0.39, 0.29) is 12.3 Å². The lowest BCUT2D eigenvalue weighted by Crippen LogP contribution is -2.03. The molecule has 62 valence electrons. The number of hydrogen-bond acceptors (Lipinski definition) is 3. The van der Waals surface area contributed by atoms with Crippen LogP contribution in [0.3, 0.4) is 0 Å². The summed E-state index contributed by atoms with van der Waals surface area (Å²) < 4.78 is 0. The van der Waals surface area contributed by atoms with Crippen LogP contribution < -0.4 is 0 Å². The second-order valence-electron chi connectivity index (χ2n) is 2.38. The molecule has 0 amide bonds. The van der Waals surface area contributed by atoms with Gasteiger partial charge in [0.2, 0.25) is 0 Å². The van der Waals surface area contributed by atoms with E-state index in [2.05, 4.69) is 0 Å². The molecular weight excluding hydrogens is 154 g/mol. The summed E-state index contributed by atoms with van der Waals surface area (Å²) in [5, 5.41) is 15.9. The van der Waals surface area contributed by atoms with Crippen LogP contribution in [-0.4, -0.2) is 23.7 Å². The van der Waals surface area contributed by atoms with E-state index in [1.165, 1.54) is 0 Å². The van der Waals surface area contributed by atoms with E-state index in [1.807, 2.05) is 0 Å². The SMILES string of the molecule is N=C(CO)c1ccc(C=O)cc1. The summed E-state index contributed by atoms with van der Waals surface area (Å²) in [6.07, 6.45) is 0.742. The fourth-order valence-corrected chi connectivity index (χ4v) is 0.854. The number of carbonyl (C=O) groups is 1. The quantitative estimate of drug-likeness (QED) is 0.512. The molecule has 0 heterocycles. The van der Waals surface area contributed by atoms with Crippen LogP contribution in [0, 0.1) is 5.41 Å². The number of aliphatic hydroxyl groups is 1. The standard InChI is InChI=1S/C9H9NO2/c10-9(6-12)8-3-1-7(5-11)2-4-8/h1-5,10,12H,6H2. The number of hydrogen-bond donors (Lipinski definition) is 2. The van der Waals surface area contributed by atoms with Crippen molar-refractivity contribution in [3.05, 3.63) is 35.4 Å². The molecule has 12 heavy (non-hydrogen) atoms. The van der Waals surface area contributed by atoms with E-state index < -0.39 is 0 Å². The molecule has 0 saturated carbocycles. The van der Waals surface area contributed by atoms with Gasteiger partial charge in [-0.3, -0.25) is 4.79 Å². The molecular formula is C9H9NO2. The zero-order valence-corrected chi connectivity index (χ0v) is 6.45. The fraction of sp³-hybridized carbons (Fsp3) is 0.111. The third-order valence-corrected chi connectivity index (χ3v) is 1.55. The zero-order chi connectivity index (χ0) is 8.97. The summed E-state index contributed by atoms with van der Waals surface area (Å²) in [6.45, 7) is -0.277. The normalized spacial score (nSPS) is 9.42. The maximum atomic E-state index is 10.3. The molecule has 2 N–H and O–H groups in total. The highest BCUT2D eigenvalue weighted by atomic mass is 16.3. The maximum absolute atomic E-state index is 10.3. The van der Waals surface area contributed by atoms with Gasteiger partial charge < -0.3 is 10.5 Å². The van der Waals surface area contributed by atoms with Crippen molar-refractivity contribution in [2.45, 2.75) is 0 Å². The third-order valence-electron chi connectivity index (χ3n) is 1.55. The molecule has 0 aliphatic heterocycles. The van der Waals surface area contributed by atoms with Gasteiger partial charge in [0.25, 0.3) is 0 Å². The van der Waals surface area contributed by atoms with Gasteiger partial charge in [-0.05, 0) is 5.56 Å². The Morgan fingerprint density at radius 1 is 1.42 bits per heavy atom. The molecule has 0 aromatic heterocycles. The van der Waals surface area contributed by atoms with Crippen molar-refractivity contribution in [1.29, 1.82) is 5.41 Å². The molecule has 1 aromatic rings. The second kappa shape index (κ2) is 3.78. The Kier molecular flexibility index (Phi) is 2.71. The average molecular weight is 163 g/mol. The summed E-state index contributed by atoms with van der Waals surface area (Å²) in [4.78, 5) is 10.3. The van der Waals surface area contributed by atoms with Crippen LogP contribution in [0.15, 0.2) is 24.3 Å². The number of aldehydes is 1. The van der Waals surface area contributed by atoms with E-state index in [0.717, 1.165) is 6.29 Å². The van der Waals surface area contributed by atoms with Gasteiger partial charge in [0, 0.05) is 5.56 Å². The lowest BCUT2D eigenvalue weighted by atomic mass is 10.1. The molecule has 0 bridgehead atoms. The first-order valence-electron chi connectivity index (χ1n) is 3.52. The molecule has 0 radical (unpaired) electrons. The van der Waals surface area contributed by atoms with Gasteiger partial charge in [0.15, 0.2) is 0 Å². The topological polar surface area (TPSA) is 61.1 Å². The van der Waals surface area contributed by atoms with Crippen molar-refractivity contribution in [2.75, 3.05) is 6.61 Å². The Balaban J connectivity index is 2.91. The molecule has 0 aliphatic carbocycles. The van der Waals surface area contributed by atoms with Crippen molar-refractivity contribution >= 4 is 12.0 Å². The van der Waals surface area contributed by atoms with Crippen LogP contribution in [0.5, 0.6) is 0 Å². The van der Waals surface area contributed by atoms with Crippen LogP contribution in [0.1, 0.15) is 15.9 Å². The summed E-state index contributed by atoms with van der Waals surface area (Å²) in [6, 6.07) is 6.52. The first-order valence-corrected chi connectivity index (χ1v) is 3.52. The van der Waals surface area contributed by atoms with Crippen molar-refractivity contribution in [3.63, 3.8) is 0 Å². The highest BCUT2D eigenvalue weighted by molar-refractivity contribution is 5.99. The minimum atomic E-state index is -0.277. The van der Waals surface area contributed by atoms with Gasteiger partial charge in [0.05, 0.1) is 12.3 Å². The monoisotopic (exact) mass is 163 g/mol. The highest BCUT2D eigenvalue weighted by Gasteiger charge is 1.98. The Morgan fingerprint density at radius 2 is 2.00 bits per heavy atom. The molecule has 1 aromatic carbocycles. The predicted molar refractivity (Wildman–Crippen MR) is 45.7 cm³/mol. The minimum Gasteiger partial charge on any atom is -0.390 e. The smallest absolute Gasteiger partial charge is 0.150 e. The van der Waals surface area contributed by atoms with Crippen LogP contribution in [0.25, 0.3) is 0 Å². The maximum Gasteiger partial charge on any atom is 0.150 e.